The van der Waals surface area contributed by atoms with Crippen LogP contribution in [0.5, 0.6) is 0 Å². The fourth-order valence-corrected chi connectivity index (χ4v) is 9.07. The van der Waals surface area contributed by atoms with Gasteiger partial charge in [-0.3, -0.25) is 34.9 Å². The average Bonchev–Trinajstić information content (AvgIpc) is 3.58. The summed E-state index contributed by atoms with van der Waals surface area (Å²) in [7, 11) is 0. The maximum absolute atomic E-state index is 13.4. The molecule has 4 heterocycles. The number of benzene rings is 3. The second kappa shape index (κ2) is 16.5. The number of para-hydroxylation sites is 1. The van der Waals surface area contributed by atoms with E-state index in [1.165, 1.54) is 12.1 Å². The van der Waals surface area contributed by atoms with E-state index in [1.54, 1.807) is 4.90 Å². The summed E-state index contributed by atoms with van der Waals surface area (Å²) >= 11 is 0. The molecule has 3 N–H and O–H groups in total. The zero-order valence-corrected chi connectivity index (χ0v) is 31.9. The number of anilines is 3. The van der Waals surface area contributed by atoms with Crippen molar-refractivity contribution in [2.24, 2.45) is 5.92 Å². The van der Waals surface area contributed by atoms with E-state index < -0.39 is 17.6 Å². The van der Waals surface area contributed by atoms with Gasteiger partial charge in [-0.2, -0.15) is 13.2 Å². The Hall–Kier alpha value is -4.99. The van der Waals surface area contributed by atoms with Gasteiger partial charge in [-0.25, -0.2) is 9.78 Å². The van der Waals surface area contributed by atoms with Gasteiger partial charge in [0.25, 0.3) is 5.91 Å². The maximum atomic E-state index is 13.4. The minimum atomic E-state index is -4.57. The minimum absolute atomic E-state index is 0.0216. The van der Waals surface area contributed by atoms with Crippen LogP contribution in [0.2, 0.25) is 0 Å². The zero-order chi connectivity index (χ0) is 39.7. The van der Waals surface area contributed by atoms with Gasteiger partial charge in [-0.15, -0.1) is 0 Å². The van der Waals surface area contributed by atoms with Gasteiger partial charge in [0.05, 0.1) is 16.6 Å². The topological polar surface area (TPSA) is 126 Å². The van der Waals surface area contributed by atoms with Crippen molar-refractivity contribution in [3.63, 3.8) is 0 Å². The Balaban J connectivity index is 0.912. The third-order valence-corrected chi connectivity index (χ3v) is 12.3. The van der Waals surface area contributed by atoms with Gasteiger partial charge in [-0.1, -0.05) is 24.3 Å². The highest BCUT2D eigenvalue weighted by molar-refractivity contribution is 6.06. The van der Waals surface area contributed by atoms with Crippen molar-refractivity contribution >= 4 is 46.2 Å². The van der Waals surface area contributed by atoms with Gasteiger partial charge < -0.3 is 14.6 Å². The summed E-state index contributed by atoms with van der Waals surface area (Å²) in [6.45, 7) is 6.72. The van der Waals surface area contributed by atoms with E-state index >= 15 is 0 Å². The summed E-state index contributed by atoms with van der Waals surface area (Å²) in [6, 6.07) is 18.7. The summed E-state index contributed by atoms with van der Waals surface area (Å²) in [5, 5.41) is 15.0. The van der Waals surface area contributed by atoms with E-state index in [0.29, 0.717) is 30.5 Å². The number of alkyl halides is 3. The number of carbonyl (C=O) groups is 3. The number of nitrogens with one attached hydrogen (secondary N) is 2. The number of urea groups is 1. The molecular formula is C42H49F3N8O4. The van der Waals surface area contributed by atoms with E-state index in [4.69, 9.17) is 4.98 Å². The second-order valence-electron chi connectivity index (χ2n) is 15.8. The molecule has 0 atom stereocenters. The highest BCUT2D eigenvalue weighted by Gasteiger charge is 2.33. The predicted molar refractivity (Wildman–Crippen MR) is 211 cm³/mol. The van der Waals surface area contributed by atoms with Crippen molar-refractivity contribution < 1.29 is 32.7 Å². The molecule has 4 aliphatic rings. The number of piperazine rings is 1. The Kier molecular flexibility index (Phi) is 11.2. The number of imidazole rings is 1. The normalized spacial score (nSPS) is 21.9. The highest BCUT2D eigenvalue weighted by Crippen LogP contribution is 2.38. The average molecular weight is 787 g/mol. The first-order chi connectivity index (χ1) is 27.5. The van der Waals surface area contributed by atoms with E-state index in [1.807, 2.05) is 34.9 Å². The number of carbonyl (C=O) groups excluding carboxylic acids is 3. The molecular weight excluding hydrogens is 738 g/mol. The fraction of sp³-hybridized carbons (Fsp3) is 0.476. The lowest BCUT2D eigenvalue weighted by atomic mass is 9.86. The van der Waals surface area contributed by atoms with Crippen LogP contribution in [0.25, 0.3) is 11.0 Å². The lowest BCUT2D eigenvalue weighted by molar-refractivity contribution is -0.137. The Morgan fingerprint density at radius 1 is 0.842 bits per heavy atom. The molecule has 0 spiro atoms. The molecule has 57 heavy (non-hydrogen) atoms. The first-order valence-corrected chi connectivity index (χ1v) is 20.1. The molecule has 0 radical (unpaired) electrons. The second-order valence-corrected chi connectivity index (χ2v) is 15.8. The van der Waals surface area contributed by atoms with Gasteiger partial charge in [0.2, 0.25) is 11.9 Å². The standard InChI is InChI=1S/C42H49F3N8O4/c43-42(44,45)31-6-3-5-29(24-31)39(56)48-40-46-35-25-34(12-13-37(35)53(40)33-10-8-28(27-54)9-11-33)51-22-20-50(21-23-51)32-14-17-49(18-15-32)26-30-4-1-2-7-36(30)52-19-16-38(55)47-41(52)57/h1-7,12-13,24-25,28,32-33,54H,8-11,14-23,26-27H2,(H,46,48,56)(H,47,55,57). The number of aliphatic hydroxyl groups excluding tert-OH is 1. The summed E-state index contributed by atoms with van der Waals surface area (Å²) < 4.78 is 42.3. The minimum Gasteiger partial charge on any atom is -0.396 e. The van der Waals surface area contributed by atoms with E-state index in [0.717, 1.165) is 119 Å². The lowest BCUT2D eigenvalue weighted by Crippen LogP contribution is -2.53. The molecule has 302 valence electrons. The lowest BCUT2D eigenvalue weighted by Gasteiger charge is -2.43. The molecule has 4 amide bonds. The highest BCUT2D eigenvalue weighted by atomic mass is 19.4. The molecule has 15 heteroatoms. The number of halogens is 3. The van der Waals surface area contributed by atoms with E-state index in [2.05, 4.69) is 37.5 Å². The molecule has 3 aliphatic heterocycles. The monoisotopic (exact) mass is 786 g/mol. The van der Waals surface area contributed by atoms with Crippen LogP contribution in [0.1, 0.15) is 72.5 Å². The summed E-state index contributed by atoms with van der Waals surface area (Å²) in [6.07, 6.45) is 1.09. The smallest absolute Gasteiger partial charge is 0.396 e. The summed E-state index contributed by atoms with van der Waals surface area (Å²) in [4.78, 5) is 51.6. The first-order valence-electron chi connectivity index (χ1n) is 20.1. The number of nitrogens with zero attached hydrogens (tertiary/aromatic N) is 6. The quantitative estimate of drug-likeness (QED) is 0.182. The van der Waals surface area contributed by atoms with Crippen LogP contribution in [-0.4, -0.2) is 101 Å². The van der Waals surface area contributed by atoms with Crippen LogP contribution in [0, 0.1) is 5.92 Å². The molecule has 1 aliphatic carbocycles. The molecule has 1 saturated carbocycles. The Morgan fingerprint density at radius 2 is 1.60 bits per heavy atom. The first kappa shape index (κ1) is 38.9. The van der Waals surface area contributed by atoms with E-state index in [-0.39, 0.29) is 36.1 Å². The number of hydrogen-bond acceptors (Lipinski definition) is 8. The van der Waals surface area contributed by atoms with Crippen molar-refractivity contribution in [3.8, 4) is 0 Å². The number of amides is 4. The van der Waals surface area contributed by atoms with E-state index in [9.17, 15) is 32.7 Å². The number of aromatic nitrogens is 2. The van der Waals surface area contributed by atoms with Crippen LogP contribution in [0.3, 0.4) is 0 Å². The number of piperidine rings is 1. The van der Waals surface area contributed by atoms with Crippen LogP contribution < -0.4 is 20.4 Å². The Morgan fingerprint density at radius 3 is 2.32 bits per heavy atom. The molecule has 4 fully saturated rings. The van der Waals surface area contributed by atoms with Crippen LogP contribution in [0.15, 0.2) is 66.7 Å². The van der Waals surface area contributed by atoms with Crippen LogP contribution in [0.4, 0.5) is 35.3 Å². The largest absolute Gasteiger partial charge is 0.416 e. The zero-order valence-electron chi connectivity index (χ0n) is 31.9. The molecule has 0 unspecified atom stereocenters. The van der Waals surface area contributed by atoms with Gasteiger partial charge in [0.1, 0.15) is 0 Å². The van der Waals surface area contributed by atoms with Crippen molar-refractivity contribution in [2.45, 2.75) is 69.8 Å². The molecule has 12 nitrogen and oxygen atoms in total. The van der Waals surface area contributed by atoms with Gasteiger partial charge in [0, 0.05) is 81.3 Å². The number of fused-ring (bicyclic) bond motifs is 1. The fourth-order valence-electron chi connectivity index (χ4n) is 9.07. The van der Waals surface area contributed by atoms with Gasteiger partial charge in [-0.05, 0) is 106 Å². The maximum Gasteiger partial charge on any atom is 0.416 e. The molecule has 1 aromatic heterocycles. The van der Waals surface area contributed by atoms with Gasteiger partial charge >= 0.3 is 12.2 Å². The Bertz CT molecular complexity index is 2100. The Labute approximate surface area is 329 Å². The number of imide groups is 1. The SMILES string of the molecule is O=C1CCN(c2ccccc2CN2CCC(N3CCN(c4ccc5c(c4)nc(NC(=O)c4cccc(C(F)(F)F)c4)n5C4CCC(CO)CC4)CC3)CC2)C(=O)N1. The van der Waals surface area contributed by atoms with Crippen molar-refractivity contribution in [1.82, 2.24) is 24.7 Å². The third-order valence-electron chi connectivity index (χ3n) is 12.3. The molecule has 8 rings (SSSR count). The van der Waals surface area contributed by atoms with Crippen LogP contribution >= 0.6 is 0 Å². The van der Waals surface area contributed by atoms with Crippen molar-refractivity contribution in [1.29, 1.82) is 0 Å². The predicted octanol–water partition coefficient (Wildman–Crippen LogP) is 6.26. The van der Waals surface area contributed by atoms with Crippen LogP contribution in [-0.2, 0) is 17.5 Å². The summed E-state index contributed by atoms with van der Waals surface area (Å²) in [5.74, 6) is -0.357. The van der Waals surface area contributed by atoms with Crippen molar-refractivity contribution in [2.75, 3.05) is 67.5 Å². The van der Waals surface area contributed by atoms with Gasteiger partial charge in [0.15, 0.2) is 0 Å². The number of rotatable bonds is 9. The number of likely N-dealkylation sites (tertiary alicyclic amines) is 1. The molecule has 3 aromatic carbocycles. The number of aliphatic hydroxyl groups is 1. The third kappa shape index (κ3) is 8.51. The molecule has 3 saturated heterocycles. The summed E-state index contributed by atoms with van der Waals surface area (Å²) in [5.41, 5.74) is 3.55. The molecule has 0 bridgehead atoms. The van der Waals surface area contributed by atoms with Crippen molar-refractivity contribution in [3.05, 3.63) is 83.4 Å². The number of hydrogen-bond donors (Lipinski definition) is 3. The molecule has 4 aromatic rings.